The largest absolute Gasteiger partial charge is 0.343 e. The molecule has 0 spiro atoms. The lowest BCUT2D eigenvalue weighted by molar-refractivity contribution is -0.132. The molecular formula is C21H24N6O2. The van der Waals surface area contributed by atoms with Gasteiger partial charge in [0.2, 0.25) is 5.91 Å². The van der Waals surface area contributed by atoms with Crippen LogP contribution in [0.15, 0.2) is 35.1 Å². The summed E-state index contributed by atoms with van der Waals surface area (Å²) >= 11 is 0. The molecule has 2 aromatic heterocycles. The van der Waals surface area contributed by atoms with E-state index < -0.39 is 0 Å². The second-order valence-electron chi connectivity index (χ2n) is 8.03. The van der Waals surface area contributed by atoms with Crippen molar-refractivity contribution < 1.29 is 4.79 Å². The minimum atomic E-state index is -0.211. The Morgan fingerprint density at radius 2 is 1.86 bits per heavy atom. The van der Waals surface area contributed by atoms with Crippen molar-refractivity contribution in [3.8, 4) is 0 Å². The van der Waals surface area contributed by atoms with E-state index >= 15 is 0 Å². The summed E-state index contributed by atoms with van der Waals surface area (Å²) in [5, 5.41) is 8.28. The van der Waals surface area contributed by atoms with Gasteiger partial charge in [0.05, 0.1) is 6.04 Å². The van der Waals surface area contributed by atoms with E-state index in [1.807, 2.05) is 23.1 Å². The Labute approximate surface area is 167 Å². The molecule has 1 aromatic carbocycles. The molecule has 0 bridgehead atoms. The molecule has 3 heterocycles. The normalized spacial score (nSPS) is 17.7. The number of carbonyl (C=O) groups is 1. The highest BCUT2D eigenvalue weighted by molar-refractivity contribution is 5.76. The molecule has 150 valence electrons. The maximum Gasteiger partial charge on any atom is 0.281 e. The smallest absolute Gasteiger partial charge is 0.281 e. The molecule has 29 heavy (non-hydrogen) atoms. The lowest BCUT2D eigenvalue weighted by Crippen LogP contribution is -2.39. The van der Waals surface area contributed by atoms with E-state index in [-0.39, 0.29) is 17.5 Å². The third kappa shape index (κ3) is 3.66. The first kappa shape index (κ1) is 18.0. The Morgan fingerprint density at radius 1 is 1.10 bits per heavy atom. The van der Waals surface area contributed by atoms with Crippen molar-refractivity contribution in [2.45, 2.75) is 50.5 Å². The van der Waals surface area contributed by atoms with E-state index in [1.54, 1.807) is 4.68 Å². The number of amides is 1. The first-order valence-electron chi connectivity index (χ1n) is 10.4. The molecule has 0 radical (unpaired) electrons. The number of nitrogens with one attached hydrogen (secondary N) is 1. The number of fused-ring (bicyclic) bond motifs is 1. The predicted molar refractivity (Wildman–Crippen MR) is 108 cm³/mol. The van der Waals surface area contributed by atoms with Gasteiger partial charge in [0.1, 0.15) is 5.82 Å². The van der Waals surface area contributed by atoms with Crippen molar-refractivity contribution in [3.05, 3.63) is 52.1 Å². The summed E-state index contributed by atoms with van der Waals surface area (Å²) in [6, 6.07) is 10.2. The Morgan fingerprint density at radius 3 is 2.59 bits per heavy atom. The highest BCUT2D eigenvalue weighted by Gasteiger charge is 2.30. The standard InChI is InChI=1S/C21H24N6O2/c28-17(9-6-14-4-2-1-3-5-14)26-12-10-16(11-13-26)27-20-18(24-25-27)21(29)23-19(22-20)15-7-8-15/h1-5,15-16H,6-13H2,(H,22,23,29). The number of aromatic nitrogens is 5. The zero-order chi connectivity index (χ0) is 19.8. The van der Waals surface area contributed by atoms with Crippen LogP contribution in [0.4, 0.5) is 0 Å². The highest BCUT2D eigenvalue weighted by Crippen LogP contribution is 2.38. The highest BCUT2D eigenvalue weighted by atomic mass is 16.2. The minimum Gasteiger partial charge on any atom is -0.343 e. The maximum absolute atomic E-state index is 12.6. The molecule has 1 amide bonds. The number of aryl methyl sites for hydroxylation is 1. The van der Waals surface area contributed by atoms with Crippen LogP contribution in [0.1, 0.15) is 55.5 Å². The molecule has 0 unspecified atom stereocenters. The number of H-pyrrole nitrogens is 1. The molecule has 8 heteroatoms. The molecule has 1 aliphatic heterocycles. The van der Waals surface area contributed by atoms with Crippen LogP contribution in [0.3, 0.4) is 0 Å². The molecule has 8 nitrogen and oxygen atoms in total. The van der Waals surface area contributed by atoms with E-state index in [1.165, 1.54) is 5.56 Å². The molecule has 3 aromatic rings. The van der Waals surface area contributed by atoms with E-state index in [4.69, 9.17) is 0 Å². The van der Waals surface area contributed by atoms with Crippen molar-refractivity contribution in [3.63, 3.8) is 0 Å². The topological polar surface area (TPSA) is 96.8 Å². The molecule has 1 saturated carbocycles. The van der Waals surface area contributed by atoms with Gasteiger partial charge >= 0.3 is 0 Å². The van der Waals surface area contributed by atoms with E-state index in [2.05, 4.69) is 32.4 Å². The summed E-state index contributed by atoms with van der Waals surface area (Å²) < 4.78 is 1.79. The summed E-state index contributed by atoms with van der Waals surface area (Å²) in [6.45, 7) is 1.39. The van der Waals surface area contributed by atoms with Gasteiger partial charge in [-0.2, -0.15) is 0 Å². The van der Waals surface area contributed by atoms with Crippen LogP contribution in [0.5, 0.6) is 0 Å². The first-order valence-corrected chi connectivity index (χ1v) is 10.4. The van der Waals surface area contributed by atoms with E-state index in [0.717, 1.165) is 37.9 Å². The van der Waals surface area contributed by atoms with Gasteiger partial charge in [0.25, 0.3) is 5.56 Å². The zero-order valence-electron chi connectivity index (χ0n) is 16.3. The molecule has 2 fully saturated rings. The van der Waals surface area contributed by atoms with Gasteiger partial charge in [-0.3, -0.25) is 9.59 Å². The average Bonchev–Trinajstić information content (AvgIpc) is 3.52. The van der Waals surface area contributed by atoms with Crippen LogP contribution in [-0.4, -0.2) is 48.9 Å². The van der Waals surface area contributed by atoms with Crippen LogP contribution in [0, 0.1) is 0 Å². The zero-order valence-corrected chi connectivity index (χ0v) is 16.3. The third-order valence-electron chi connectivity index (χ3n) is 5.95. The number of benzene rings is 1. The summed E-state index contributed by atoms with van der Waals surface area (Å²) in [5.74, 6) is 1.31. The fourth-order valence-corrected chi connectivity index (χ4v) is 4.07. The van der Waals surface area contributed by atoms with Gasteiger partial charge in [-0.05, 0) is 37.7 Å². The number of nitrogens with zero attached hydrogens (tertiary/aromatic N) is 5. The Kier molecular flexibility index (Phi) is 4.61. The Balaban J connectivity index is 1.25. The van der Waals surface area contributed by atoms with Crippen LogP contribution in [-0.2, 0) is 11.2 Å². The van der Waals surface area contributed by atoms with Gasteiger partial charge in [-0.15, -0.1) is 5.10 Å². The second kappa shape index (κ2) is 7.42. The van der Waals surface area contributed by atoms with E-state index in [0.29, 0.717) is 36.6 Å². The van der Waals surface area contributed by atoms with Crippen molar-refractivity contribution in [2.24, 2.45) is 0 Å². The summed E-state index contributed by atoms with van der Waals surface area (Å²) in [5.41, 5.74) is 1.85. The summed E-state index contributed by atoms with van der Waals surface area (Å²) in [4.78, 5) is 34.3. The van der Waals surface area contributed by atoms with Crippen LogP contribution < -0.4 is 5.56 Å². The van der Waals surface area contributed by atoms with Crippen molar-refractivity contribution in [1.29, 1.82) is 0 Å². The fourth-order valence-electron chi connectivity index (χ4n) is 4.07. The van der Waals surface area contributed by atoms with Gasteiger partial charge in [0, 0.05) is 25.4 Å². The average molecular weight is 392 g/mol. The van der Waals surface area contributed by atoms with E-state index in [9.17, 15) is 9.59 Å². The molecular weight excluding hydrogens is 368 g/mol. The summed E-state index contributed by atoms with van der Waals surface area (Å²) in [6.07, 6.45) is 5.02. The first-order chi connectivity index (χ1) is 14.2. The fraction of sp³-hybridized carbons (Fsp3) is 0.476. The molecule has 1 saturated heterocycles. The van der Waals surface area contributed by atoms with Crippen LogP contribution >= 0.6 is 0 Å². The molecule has 1 aliphatic carbocycles. The monoisotopic (exact) mass is 392 g/mol. The second-order valence-corrected chi connectivity index (χ2v) is 8.03. The van der Waals surface area contributed by atoms with Crippen LogP contribution in [0.25, 0.3) is 11.2 Å². The lowest BCUT2D eigenvalue weighted by atomic mass is 10.0. The van der Waals surface area contributed by atoms with Gasteiger partial charge in [0.15, 0.2) is 11.2 Å². The van der Waals surface area contributed by atoms with Crippen molar-refractivity contribution in [2.75, 3.05) is 13.1 Å². The number of rotatable bonds is 5. The SMILES string of the molecule is O=C(CCc1ccccc1)N1CCC(n2nnc3c(=O)[nH]c(C4CC4)nc32)CC1. The molecule has 1 N–H and O–H groups in total. The quantitative estimate of drug-likeness (QED) is 0.718. The molecule has 5 rings (SSSR count). The summed E-state index contributed by atoms with van der Waals surface area (Å²) in [7, 11) is 0. The van der Waals surface area contributed by atoms with Crippen LogP contribution in [0.2, 0.25) is 0 Å². The third-order valence-corrected chi connectivity index (χ3v) is 5.95. The number of likely N-dealkylation sites (tertiary alicyclic amines) is 1. The molecule has 0 atom stereocenters. The minimum absolute atomic E-state index is 0.111. The lowest BCUT2D eigenvalue weighted by Gasteiger charge is -2.32. The number of hydrogen-bond donors (Lipinski definition) is 1. The number of piperidine rings is 1. The Bertz CT molecular complexity index is 1080. The predicted octanol–water partition coefficient (Wildman–Crippen LogP) is 2.19. The van der Waals surface area contributed by atoms with Gasteiger partial charge in [-0.25, -0.2) is 9.67 Å². The Hall–Kier alpha value is -3.03. The number of hydrogen-bond acceptors (Lipinski definition) is 5. The van der Waals surface area contributed by atoms with Gasteiger partial charge in [-0.1, -0.05) is 35.5 Å². The molecule has 2 aliphatic rings. The number of aromatic amines is 1. The van der Waals surface area contributed by atoms with Crippen molar-refractivity contribution >= 4 is 17.1 Å². The van der Waals surface area contributed by atoms with Gasteiger partial charge < -0.3 is 9.88 Å². The maximum atomic E-state index is 12.6. The number of carbonyl (C=O) groups excluding carboxylic acids is 1. The van der Waals surface area contributed by atoms with Crippen molar-refractivity contribution in [1.82, 2.24) is 29.9 Å².